The van der Waals surface area contributed by atoms with E-state index in [-0.39, 0.29) is 9.96 Å². The van der Waals surface area contributed by atoms with E-state index in [1.807, 2.05) is 6.92 Å². The molecule has 118 valence electrons. The van der Waals surface area contributed by atoms with Crippen LogP contribution < -0.4 is 9.46 Å². The Bertz CT molecular complexity index is 786. The fraction of sp³-hybridized carbons (Fsp3) is 0.333. The lowest BCUT2D eigenvalue weighted by molar-refractivity contribution is 0.301. The number of thiophene rings is 1. The Morgan fingerprint density at radius 2 is 2.14 bits per heavy atom. The molecule has 0 aliphatic carbocycles. The third-order valence-electron chi connectivity index (χ3n) is 3.53. The van der Waals surface area contributed by atoms with Crippen molar-refractivity contribution in [3.05, 3.63) is 46.6 Å². The molecule has 2 aromatic rings. The normalized spacial score (nSPS) is 18.4. The summed E-state index contributed by atoms with van der Waals surface area (Å²) in [4.78, 5) is 0.927. The number of aryl methyl sites for hydroxylation is 1. The number of ether oxygens (including phenoxy) is 1. The number of para-hydroxylation sites is 1. The predicted molar refractivity (Wildman–Crippen MR) is 83.2 cm³/mol. The Morgan fingerprint density at radius 1 is 1.32 bits per heavy atom. The third-order valence-corrected chi connectivity index (χ3v) is 6.50. The minimum atomic E-state index is -3.62. The lowest BCUT2D eigenvalue weighted by Crippen LogP contribution is -2.28. The minimum absolute atomic E-state index is 0.148. The maximum Gasteiger partial charge on any atom is 0.250 e. The van der Waals surface area contributed by atoms with Crippen LogP contribution in [0.1, 0.15) is 29.3 Å². The van der Waals surface area contributed by atoms with E-state index in [9.17, 15) is 12.8 Å². The summed E-state index contributed by atoms with van der Waals surface area (Å²) in [6, 6.07) is 7.46. The summed E-state index contributed by atoms with van der Waals surface area (Å²) in [7, 11) is -3.62. The molecule has 1 atom stereocenters. The van der Waals surface area contributed by atoms with Crippen LogP contribution in [0.25, 0.3) is 0 Å². The molecule has 1 aliphatic heterocycles. The molecule has 0 fully saturated rings. The van der Waals surface area contributed by atoms with E-state index in [1.54, 1.807) is 24.3 Å². The zero-order valence-corrected chi connectivity index (χ0v) is 13.6. The SMILES string of the molecule is Cc1ccc(S(=O)(=O)NC2CCCOc3c(F)cccc32)s1. The monoisotopic (exact) mass is 341 g/mol. The summed E-state index contributed by atoms with van der Waals surface area (Å²) in [5.41, 5.74) is 0.550. The molecular weight excluding hydrogens is 325 g/mol. The lowest BCUT2D eigenvalue weighted by Gasteiger charge is -2.18. The van der Waals surface area contributed by atoms with Gasteiger partial charge in [-0.15, -0.1) is 11.3 Å². The zero-order valence-electron chi connectivity index (χ0n) is 12.0. The highest BCUT2D eigenvalue weighted by molar-refractivity contribution is 7.91. The van der Waals surface area contributed by atoms with Crippen molar-refractivity contribution < 1.29 is 17.5 Å². The lowest BCUT2D eigenvalue weighted by atomic mass is 10.0. The zero-order chi connectivity index (χ0) is 15.7. The van der Waals surface area contributed by atoms with Crippen LogP contribution in [0.4, 0.5) is 4.39 Å². The highest BCUT2D eigenvalue weighted by atomic mass is 32.2. The average molecular weight is 341 g/mol. The van der Waals surface area contributed by atoms with Gasteiger partial charge in [-0.2, -0.15) is 0 Å². The molecule has 0 saturated heterocycles. The van der Waals surface area contributed by atoms with Crippen molar-refractivity contribution in [2.24, 2.45) is 0 Å². The van der Waals surface area contributed by atoms with Crippen molar-refractivity contribution in [1.82, 2.24) is 4.72 Å². The fourth-order valence-corrected chi connectivity index (χ4v) is 5.04. The molecule has 0 spiro atoms. The largest absolute Gasteiger partial charge is 0.490 e. The van der Waals surface area contributed by atoms with Gasteiger partial charge in [0.05, 0.1) is 12.6 Å². The molecule has 1 aliphatic rings. The Labute approximate surface area is 133 Å². The first-order valence-electron chi connectivity index (χ1n) is 6.97. The number of halogens is 1. The van der Waals surface area contributed by atoms with Crippen molar-refractivity contribution in [2.75, 3.05) is 6.61 Å². The number of fused-ring (bicyclic) bond motifs is 1. The molecular formula is C15H16FNO3S2. The van der Waals surface area contributed by atoms with Gasteiger partial charge in [-0.25, -0.2) is 17.5 Å². The van der Waals surface area contributed by atoms with Gasteiger partial charge in [-0.3, -0.25) is 0 Å². The Hall–Kier alpha value is -1.44. The van der Waals surface area contributed by atoms with Crippen molar-refractivity contribution in [3.8, 4) is 5.75 Å². The minimum Gasteiger partial charge on any atom is -0.490 e. The number of hydrogen-bond acceptors (Lipinski definition) is 4. The Morgan fingerprint density at radius 3 is 2.86 bits per heavy atom. The van der Waals surface area contributed by atoms with Crippen LogP contribution in [0.3, 0.4) is 0 Å². The van der Waals surface area contributed by atoms with Crippen LogP contribution in [-0.4, -0.2) is 15.0 Å². The Kier molecular flexibility index (Phi) is 4.20. The second kappa shape index (κ2) is 5.98. The first-order chi connectivity index (χ1) is 10.5. The summed E-state index contributed by atoms with van der Waals surface area (Å²) < 4.78 is 47.2. The number of rotatable bonds is 3. The standard InChI is InChI=1S/C15H16FNO3S2/c1-10-7-8-14(21-10)22(18,19)17-13-6-3-9-20-15-11(13)4-2-5-12(15)16/h2,4-5,7-8,13,17H,3,6,9H2,1H3. The fourth-order valence-electron chi connectivity index (χ4n) is 2.49. The first kappa shape index (κ1) is 15.5. The van der Waals surface area contributed by atoms with Crippen LogP contribution in [0.2, 0.25) is 0 Å². The van der Waals surface area contributed by atoms with Gasteiger partial charge in [-0.05, 0) is 38.0 Å². The second-order valence-corrected chi connectivity index (χ2v) is 8.42. The van der Waals surface area contributed by atoms with E-state index >= 15 is 0 Å². The maximum absolute atomic E-state index is 13.9. The van der Waals surface area contributed by atoms with Gasteiger partial charge in [-0.1, -0.05) is 12.1 Å². The highest BCUT2D eigenvalue weighted by Crippen LogP contribution is 2.35. The second-order valence-electron chi connectivity index (χ2n) is 5.19. The van der Waals surface area contributed by atoms with Gasteiger partial charge >= 0.3 is 0 Å². The number of sulfonamides is 1. The Balaban J connectivity index is 1.94. The summed E-state index contributed by atoms with van der Waals surface area (Å²) in [6.45, 7) is 2.23. The van der Waals surface area contributed by atoms with E-state index in [0.717, 1.165) is 4.88 Å². The van der Waals surface area contributed by atoms with Crippen LogP contribution >= 0.6 is 11.3 Å². The summed E-state index contributed by atoms with van der Waals surface area (Å²) in [5, 5.41) is 0. The molecule has 0 saturated carbocycles. The number of hydrogen-bond donors (Lipinski definition) is 1. The maximum atomic E-state index is 13.9. The van der Waals surface area contributed by atoms with Crippen LogP contribution in [0, 0.1) is 12.7 Å². The van der Waals surface area contributed by atoms with Gasteiger partial charge in [0.25, 0.3) is 10.0 Å². The molecule has 2 heterocycles. The molecule has 1 N–H and O–H groups in total. The highest BCUT2D eigenvalue weighted by Gasteiger charge is 2.27. The topological polar surface area (TPSA) is 55.4 Å². The van der Waals surface area contributed by atoms with Crippen LogP contribution in [0.15, 0.2) is 34.5 Å². The van der Waals surface area contributed by atoms with Crippen molar-refractivity contribution in [2.45, 2.75) is 30.0 Å². The van der Waals surface area contributed by atoms with Crippen LogP contribution in [-0.2, 0) is 10.0 Å². The van der Waals surface area contributed by atoms with Gasteiger partial charge in [0, 0.05) is 10.4 Å². The number of benzene rings is 1. The molecule has 1 aromatic heterocycles. The molecule has 4 nitrogen and oxygen atoms in total. The van der Waals surface area contributed by atoms with Gasteiger partial charge in [0.2, 0.25) is 0 Å². The molecule has 0 amide bonds. The average Bonchev–Trinajstić information content (AvgIpc) is 2.81. The van der Waals surface area contributed by atoms with Crippen molar-refractivity contribution in [1.29, 1.82) is 0 Å². The number of nitrogens with one attached hydrogen (secondary N) is 1. The smallest absolute Gasteiger partial charge is 0.250 e. The van der Waals surface area contributed by atoms with E-state index in [4.69, 9.17) is 4.74 Å². The molecule has 1 aromatic carbocycles. The quantitative estimate of drug-likeness (QED) is 0.931. The molecule has 1 unspecified atom stereocenters. The molecule has 3 rings (SSSR count). The van der Waals surface area contributed by atoms with E-state index < -0.39 is 21.9 Å². The van der Waals surface area contributed by atoms with Gasteiger partial charge in [0.1, 0.15) is 4.21 Å². The van der Waals surface area contributed by atoms with Crippen molar-refractivity contribution in [3.63, 3.8) is 0 Å². The molecule has 0 bridgehead atoms. The van der Waals surface area contributed by atoms with E-state index in [0.29, 0.717) is 25.0 Å². The predicted octanol–water partition coefficient (Wildman–Crippen LogP) is 3.39. The summed E-state index contributed by atoms with van der Waals surface area (Å²) in [5.74, 6) is -0.314. The van der Waals surface area contributed by atoms with Gasteiger partial charge in [0.15, 0.2) is 11.6 Å². The summed E-state index contributed by atoms with van der Waals surface area (Å²) >= 11 is 1.22. The van der Waals surface area contributed by atoms with E-state index in [2.05, 4.69) is 4.72 Å². The first-order valence-corrected chi connectivity index (χ1v) is 9.27. The third kappa shape index (κ3) is 3.02. The van der Waals surface area contributed by atoms with E-state index in [1.165, 1.54) is 17.4 Å². The molecule has 0 radical (unpaired) electrons. The molecule has 7 heteroatoms. The molecule has 22 heavy (non-hydrogen) atoms. The van der Waals surface area contributed by atoms with Crippen molar-refractivity contribution >= 4 is 21.4 Å². The van der Waals surface area contributed by atoms with Crippen LogP contribution in [0.5, 0.6) is 5.75 Å². The van der Waals surface area contributed by atoms with Gasteiger partial charge < -0.3 is 4.74 Å². The summed E-state index contributed by atoms with van der Waals surface area (Å²) in [6.07, 6.45) is 1.23.